The number of ether oxygens (including phenoxy) is 3. The molecule has 6 heteroatoms. The predicted octanol–water partition coefficient (Wildman–Crippen LogP) is 8.21. The lowest BCUT2D eigenvalue weighted by atomic mass is 10.1. The minimum Gasteiger partial charge on any atom is -0.489 e. The molecule has 0 atom stereocenters. The molecule has 0 aliphatic rings. The summed E-state index contributed by atoms with van der Waals surface area (Å²) in [5.74, 6) is 2.41. The van der Waals surface area contributed by atoms with Crippen LogP contribution in [0.5, 0.6) is 17.2 Å². The molecule has 1 N–H and O–H groups in total. The van der Waals surface area contributed by atoms with Crippen molar-refractivity contribution in [1.29, 1.82) is 0 Å². The Labute approximate surface area is 222 Å². The minimum atomic E-state index is 0.0181. The summed E-state index contributed by atoms with van der Waals surface area (Å²) in [7, 11) is 0. The lowest BCUT2D eigenvalue weighted by molar-refractivity contribution is 0.0815. The fourth-order valence-corrected chi connectivity index (χ4v) is 5.23. The number of fused-ring (bicyclic) bond motifs is 1. The molecule has 4 nitrogen and oxygen atoms in total. The van der Waals surface area contributed by atoms with E-state index < -0.39 is 0 Å². The first-order chi connectivity index (χ1) is 17.7. The maximum Gasteiger partial charge on any atom is 0.153 e. The quantitative estimate of drug-likeness (QED) is 0.175. The summed E-state index contributed by atoms with van der Waals surface area (Å²) < 4.78 is 20.1. The van der Waals surface area contributed by atoms with Gasteiger partial charge in [0.25, 0.3) is 0 Å². The number of aliphatic hydroxyl groups excluding tert-OH is 1. The fourth-order valence-electron chi connectivity index (χ4n) is 3.80. The molecule has 0 amide bonds. The highest BCUT2D eigenvalue weighted by molar-refractivity contribution is 9.10. The van der Waals surface area contributed by atoms with Crippen LogP contribution in [-0.4, -0.2) is 18.3 Å². The first-order valence-corrected chi connectivity index (χ1v) is 13.2. The number of aliphatic hydroxyl groups is 1. The van der Waals surface area contributed by atoms with E-state index in [1.54, 1.807) is 11.3 Å². The lowest BCUT2D eigenvalue weighted by Crippen LogP contribution is -1.99. The number of hydrogen-bond acceptors (Lipinski definition) is 5. The summed E-state index contributed by atoms with van der Waals surface area (Å²) >= 11 is 5.22. The summed E-state index contributed by atoms with van der Waals surface area (Å²) in [5.41, 5.74) is 3.25. The molecule has 0 radical (unpaired) electrons. The second-order valence-electron chi connectivity index (χ2n) is 8.22. The van der Waals surface area contributed by atoms with Crippen LogP contribution in [0.25, 0.3) is 20.5 Å². The van der Waals surface area contributed by atoms with E-state index in [0.717, 1.165) is 53.4 Å². The third-order valence-corrected chi connectivity index (χ3v) is 7.33. The molecule has 36 heavy (non-hydrogen) atoms. The Bertz CT molecular complexity index is 1410. The zero-order chi connectivity index (χ0) is 24.7. The third kappa shape index (κ3) is 5.97. The van der Waals surface area contributed by atoms with Crippen molar-refractivity contribution in [1.82, 2.24) is 0 Å². The molecule has 0 saturated heterocycles. The Hall–Kier alpha value is -3.16. The zero-order valence-electron chi connectivity index (χ0n) is 19.5. The minimum absolute atomic E-state index is 0.0181. The normalized spacial score (nSPS) is 11.1. The van der Waals surface area contributed by atoms with Crippen molar-refractivity contribution in [2.24, 2.45) is 0 Å². The molecule has 0 fully saturated rings. The molecule has 4 aromatic carbocycles. The summed E-state index contributed by atoms with van der Waals surface area (Å²) in [4.78, 5) is 1.06. The Morgan fingerprint density at radius 1 is 0.750 bits per heavy atom. The Kier molecular flexibility index (Phi) is 7.98. The Morgan fingerprint density at radius 3 is 2.22 bits per heavy atom. The van der Waals surface area contributed by atoms with Crippen LogP contribution in [-0.2, 0) is 18.0 Å². The number of hydrogen-bond donors (Lipinski definition) is 1. The fraction of sp³-hybridized carbons (Fsp3) is 0.133. The van der Waals surface area contributed by atoms with E-state index in [1.807, 2.05) is 60.7 Å². The highest BCUT2D eigenvalue weighted by atomic mass is 79.9. The molecule has 5 rings (SSSR count). The molecule has 0 bridgehead atoms. The van der Waals surface area contributed by atoms with E-state index in [0.29, 0.717) is 19.8 Å². The molecule has 1 heterocycles. The highest BCUT2D eigenvalue weighted by Gasteiger charge is 2.17. The topological polar surface area (TPSA) is 47.9 Å². The van der Waals surface area contributed by atoms with E-state index in [-0.39, 0.29) is 6.61 Å². The molecule has 5 aromatic rings. The van der Waals surface area contributed by atoms with Crippen molar-refractivity contribution in [2.75, 3.05) is 13.2 Å². The van der Waals surface area contributed by atoms with Gasteiger partial charge in [-0.15, -0.1) is 11.3 Å². The van der Waals surface area contributed by atoms with Crippen molar-refractivity contribution >= 4 is 37.4 Å². The molecule has 1 aromatic heterocycles. The van der Waals surface area contributed by atoms with Crippen molar-refractivity contribution in [3.8, 4) is 27.7 Å². The second-order valence-corrected chi connectivity index (χ2v) is 10.2. The average molecular weight is 561 g/mol. The van der Waals surface area contributed by atoms with Gasteiger partial charge in [0, 0.05) is 14.6 Å². The monoisotopic (exact) mass is 560 g/mol. The van der Waals surface area contributed by atoms with Crippen LogP contribution in [0.2, 0.25) is 0 Å². The van der Waals surface area contributed by atoms with Gasteiger partial charge in [-0.25, -0.2) is 0 Å². The maximum absolute atomic E-state index is 8.90. The van der Waals surface area contributed by atoms with Crippen molar-refractivity contribution in [3.05, 3.63) is 113 Å². The first-order valence-electron chi connectivity index (χ1n) is 11.6. The van der Waals surface area contributed by atoms with Gasteiger partial charge in [-0.1, -0.05) is 70.5 Å². The Balaban J connectivity index is 1.44. The van der Waals surface area contributed by atoms with Crippen LogP contribution in [0.4, 0.5) is 0 Å². The van der Waals surface area contributed by atoms with E-state index in [1.165, 1.54) is 0 Å². The molecule has 0 saturated carbocycles. The molecule has 0 aliphatic heterocycles. The summed E-state index contributed by atoms with van der Waals surface area (Å²) in [6.45, 7) is 1.32. The van der Waals surface area contributed by atoms with Crippen molar-refractivity contribution in [3.63, 3.8) is 0 Å². The van der Waals surface area contributed by atoms with Gasteiger partial charge >= 0.3 is 0 Å². The highest BCUT2D eigenvalue weighted by Crippen LogP contribution is 2.47. The van der Waals surface area contributed by atoms with Gasteiger partial charge in [0.2, 0.25) is 0 Å². The van der Waals surface area contributed by atoms with Gasteiger partial charge in [0.1, 0.15) is 18.1 Å². The largest absolute Gasteiger partial charge is 0.489 e. The van der Waals surface area contributed by atoms with Crippen LogP contribution < -0.4 is 9.47 Å². The summed E-state index contributed by atoms with van der Waals surface area (Å²) in [6.07, 6.45) is 0. The number of thiophene rings is 1. The predicted molar refractivity (Wildman–Crippen MR) is 149 cm³/mol. The van der Waals surface area contributed by atoms with Gasteiger partial charge in [0.05, 0.1) is 24.7 Å². The molecule has 0 aliphatic carbocycles. The number of benzene rings is 4. The number of rotatable bonds is 10. The number of halogens is 1. The van der Waals surface area contributed by atoms with Crippen LogP contribution in [0.15, 0.2) is 102 Å². The van der Waals surface area contributed by atoms with E-state index in [9.17, 15) is 0 Å². The van der Waals surface area contributed by atoms with Gasteiger partial charge in [0.15, 0.2) is 5.75 Å². The average Bonchev–Trinajstić information content (AvgIpc) is 3.27. The SMILES string of the molecule is OCCOCc1ccc(Oc2c(-c3ccc(Br)cc3)sc3cc(OCc4ccccc4)ccc23)cc1. The molecular formula is C30H25BrO4S. The van der Waals surface area contributed by atoms with Gasteiger partial charge in [-0.3, -0.25) is 0 Å². The third-order valence-electron chi connectivity index (χ3n) is 5.62. The van der Waals surface area contributed by atoms with Gasteiger partial charge in [-0.2, -0.15) is 0 Å². The molecule has 0 spiro atoms. The van der Waals surface area contributed by atoms with E-state index in [4.69, 9.17) is 19.3 Å². The maximum atomic E-state index is 8.90. The summed E-state index contributed by atoms with van der Waals surface area (Å²) in [5, 5.41) is 9.94. The second kappa shape index (κ2) is 11.7. The lowest BCUT2D eigenvalue weighted by Gasteiger charge is -2.10. The van der Waals surface area contributed by atoms with Gasteiger partial charge in [-0.05, 0) is 59.2 Å². The molecular weight excluding hydrogens is 536 g/mol. The van der Waals surface area contributed by atoms with Crippen LogP contribution >= 0.6 is 27.3 Å². The summed E-state index contributed by atoms with van der Waals surface area (Å²) in [6, 6.07) is 32.4. The van der Waals surface area contributed by atoms with E-state index >= 15 is 0 Å². The molecule has 182 valence electrons. The zero-order valence-corrected chi connectivity index (χ0v) is 21.9. The van der Waals surface area contributed by atoms with Gasteiger partial charge < -0.3 is 19.3 Å². The first kappa shape index (κ1) is 24.5. The standard InChI is InChI=1S/C30H25BrO4S/c31-24-10-8-23(9-11-24)30-29(35-25-12-6-22(7-13-25)19-33-17-16-32)27-15-14-26(18-28(27)36-30)34-20-21-4-2-1-3-5-21/h1-15,18,32H,16-17,19-20H2. The van der Waals surface area contributed by atoms with Crippen molar-refractivity contribution in [2.45, 2.75) is 13.2 Å². The molecule has 0 unspecified atom stereocenters. The van der Waals surface area contributed by atoms with Crippen LogP contribution in [0.3, 0.4) is 0 Å². The van der Waals surface area contributed by atoms with Crippen LogP contribution in [0, 0.1) is 0 Å². The van der Waals surface area contributed by atoms with E-state index in [2.05, 4.69) is 52.3 Å². The smallest absolute Gasteiger partial charge is 0.153 e. The van der Waals surface area contributed by atoms with Crippen molar-refractivity contribution < 1.29 is 19.3 Å². The van der Waals surface area contributed by atoms with Crippen LogP contribution in [0.1, 0.15) is 11.1 Å². The Morgan fingerprint density at radius 2 is 1.47 bits per heavy atom.